The normalized spacial score (nSPS) is 20.8. The highest BCUT2D eigenvalue weighted by Gasteiger charge is 2.44. The first-order chi connectivity index (χ1) is 11.7. The van der Waals surface area contributed by atoms with E-state index in [2.05, 4.69) is 37.9 Å². The molecule has 0 amide bonds. The van der Waals surface area contributed by atoms with Gasteiger partial charge in [-0.05, 0) is 44.7 Å². The van der Waals surface area contributed by atoms with Gasteiger partial charge in [0.1, 0.15) is 0 Å². The summed E-state index contributed by atoms with van der Waals surface area (Å²) in [6.45, 7) is 6.41. The number of hydrogen-bond acceptors (Lipinski definition) is 5. The Morgan fingerprint density at radius 2 is 1.83 bits per heavy atom. The van der Waals surface area contributed by atoms with Crippen LogP contribution >= 0.6 is 0 Å². The Hall–Kier alpha value is -1.95. The number of anilines is 1. The summed E-state index contributed by atoms with van der Waals surface area (Å²) in [6, 6.07) is 4.09. The van der Waals surface area contributed by atoms with Crippen LogP contribution in [0.1, 0.15) is 37.1 Å². The van der Waals surface area contributed by atoms with Gasteiger partial charge in [0.15, 0.2) is 0 Å². The maximum Gasteiger partial charge on any atom is 0.225 e. The highest BCUT2D eigenvalue weighted by Crippen LogP contribution is 2.40. The van der Waals surface area contributed by atoms with Crippen molar-refractivity contribution in [2.45, 2.75) is 44.7 Å². The smallest absolute Gasteiger partial charge is 0.225 e. The van der Waals surface area contributed by atoms with Crippen molar-refractivity contribution >= 4 is 5.95 Å². The molecule has 2 aliphatic heterocycles. The second-order valence-electron chi connectivity index (χ2n) is 7.21. The third kappa shape index (κ3) is 2.79. The van der Waals surface area contributed by atoms with E-state index in [4.69, 9.17) is 0 Å². The van der Waals surface area contributed by atoms with Crippen LogP contribution in [0.5, 0.6) is 0 Å². The molecular weight excluding hydrogens is 300 g/mol. The summed E-state index contributed by atoms with van der Waals surface area (Å²) in [5, 5.41) is 4.46. The third-order valence-corrected chi connectivity index (χ3v) is 5.66. The highest BCUT2D eigenvalue weighted by molar-refractivity contribution is 5.37. The Labute approximate surface area is 143 Å². The third-order valence-electron chi connectivity index (χ3n) is 5.66. The van der Waals surface area contributed by atoms with E-state index in [-0.39, 0.29) is 5.54 Å². The number of nitrogens with zero attached hydrogens (tertiary/aromatic N) is 6. The molecule has 24 heavy (non-hydrogen) atoms. The molecule has 0 atom stereocenters. The maximum absolute atomic E-state index is 4.50. The largest absolute Gasteiger partial charge is 0.335 e. The molecule has 2 aliphatic rings. The predicted molar refractivity (Wildman–Crippen MR) is 93.8 cm³/mol. The van der Waals surface area contributed by atoms with Crippen molar-refractivity contribution in [3.05, 3.63) is 35.9 Å². The molecule has 0 aromatic carbocycles. The molecule has 0 N–H and O–H groups in total. The Morgan fingerprint density at radius 3 is 2.50 bits per heavy atom. The number of hydrogen-bond donors (Lipinski definition) is 0. The quantitative estimate of drug-likeness (QED) is 0.865. The lowest BCUT2D eigenvalue weighted by atomic mass is 9.85. The zero-order valence-electron chi connectivity index (χ0n) is 14.6. The molecule has 0 radical (unpaired) electrons. The Morgan fingerprint density at radius 1 is 1.08 bits per heavy atom. The van der Waals surface area contributed by atoms with Gasteiger partial charge in [-0.3, -0.25) is 9.58 Å². The lowest BCUT2D eigenvalue weighted by Gasteiger charge is -2.45. The van der Waals surface area contributed by atoms with Crippen LogP contribution in [-0.4, -0.2) is 49.8 Å². The second-order valence-corrected chi connectivity index (χ2v) is 7.21. The van der Waals surface area contributed by atoms with E-state index in [0.29, 0.717) is 0 Å². The molecule has 128 valence electrons. The molecule has 6 heteroatoms. The zero-order chi connectivity index (χ0) is 16.6. The molecule has 4 rings (SSSR count). The van der Waals surface area contributed by atoms with Gasteiger partial charge in [-0.25, -0.2) is 9.97 Å². The molecule has 6 nitrogen and oxygen atoms in total. The van der Waals surface area contributed by atoms with Crippen LogP contribution in [-0.2, 0) is 13.6 Å². The maximum atomic E-state index is 4.50. The summed E-state index contributed by atoms with van der Waals surface area (Å²) in [6.07, 6.45) is 8.62. The highest BCUT2D eigenvalue weighted by atomic mass is 15.3. The van der Waals surface area contributed by atoms with Gasteiger partial charge in [-0.15, -0.1) is 0 Å². The zero-order valence-corrected chi connectivity index (χ0v) is 14.6. The van der Waals surface area contributed by atoms with E-state index in [0.717, 1.165) is 37.8 Å². The molecule has 2 aromatic heterocycles. The van der Waals surface area contributed by atoms with Crippen LogP contribution in [0.15, 0.2) is 24.5 Å². The average molecular weight is 326 g/mol. The van der Waals surface area contributed by atoms with Gasteiger partial charge in [-0.1, -0.05) is 0 Å². The van der Waals surface area contributed by atoms with Crippen LogP contribution in [0.25, 0.3) is 0 Å². The van der Waals surface area contributed by atoms with Crippen molar-refractivity contribution in [2.75, 3.05) is 24.5 Å². The topological polar surface area (TPSA) is 50.1 Å². The van der Waals surface area contributed by atoms with Crippen molar-refractivity contribution in [1.29, 1.82) is 0 Å². The van der Waals surface area contributed by atoms with Crippen LogP contribution in [0.4, 0.5) is 5.95 Å². The van der Waals surface area contributed by atoms with E-state index in [1.165, 1.54) is 31.4 Å². The minimum Gasteiger partial charge on any atom is -0.335 e. The number of rotatable bonds is 3. The summed E-state index contributed by atoms with van der Waals surface area (Å²) in [7, 11) is 2.04. The van der Waals surface area contributed by atoms with E-state index < -0.39 is 0 Å². The van der Waals surface area contributed by atoms with Gasteiger partial charge >= 0.3 is 0 Å². The summed E-state index contributed by atoms with van der Waals surface area (Å²) in [4.78, 5) is 14.0. The predicted octanol–water partition coefficient (Wildman–Crippen LogP) is 2.15. The molecule has 0 unspecified atom stereocenters. The standard InChI is InChI=1S/C18H26N6/c1-15-13-16(22(2)21-15)14-23-11-6-18(7-12-23)5-3-10-24(18)17-19-8-4-9-20-17/h4,8-9,13H,3,5-7,10-12,14H2,1-2H3. The van der Waals surface area contributed by atoms with Gasteiger partial charge in [0, 0.05) is 51.2 Å². The molecule has 1 spiro atoms. The van der Waals surface area contributed by atoms with Gasteiger partial charge in [0.25, 0.3) is 0 Å². The summed E-state index contributed by atoms with van der Waals surface area (Å²) in [5.74, 6) is 0.908. The van der Waals surface area contributed by atoms with E-state index >= 15 is 0 Å². The van der Waals surface area contributed by atoms with Gasteiger partial charge in [-0.2, -0.15) is 5.10 Å². The Bertz CT molecular complexity index is 687. The fraction of sp³-hybridized carbons (Fsp3) is 0.611. The molecule has 0 bridgehead atoms. The minimum absolute atomic E-state index is 0.264. The fourth-order valence-electron chi connectivity index (χ4n) is 4.37. The number of aryl methyl sites for hydroxylation is 2. The minimum atomic E-state index is 0.264. The number of piperidine rings is 1. The van der Waals surface area contributed by atoms with Crippen molar-refractivity contribution < 1.29 is 0 Å². The summed E-state index contributed by atoms with van der Waals surface area (Å²) in [5.41, 5.74) is 2.67. The van der Waals surface area contributed by atoms with Gasteiger partial charge < -0.3 is 4.90 Å². The SMILES string of the molecule is Cc1cc(CN2CCC3(CCCN3c3ncccn3)CC2)n(C)n1. The molecule has 2 aromatic rings. The first kappa shape index (κ1) is 15.6. The van der Waals surface area contributed by atoms with Crippen molar-refractivity contribution in [2.24, 2.45) is 7.05 Å². The summed E-state index contributed by atoms with van der Waals surface area (Å²) >= 11 is 0. The second kappa shape index (κ2) is 6.16. The Balaban J connectivity index is 1.44. The van der Waals surface area contributed by atoms with Crippen LogP contribution in [0, 0.1) is 6.92 Å². The van der Waals surface area contributed by atoms with Gasteiger partial charge in [0.2, 0.25) is 5.95 Å². The lowest BCUT2D eigenvalue weighted by molar-refractivity contribution is 0.153. The van der Waals surface area contributed by atoms with Crippen LogP contribution in [0.3, 0.4) is 0 Å². The Kier molecular flexibility index (Phi) is 4.00. The molecular formula is C18H26N6. The van der Waals surface area contributed by atoms with E-state index in [9.17, 15) is 0 Å². The molecule has 2 fully saturated rings. The summed E-state index contributed by atoms with van der Waals surface area (Å²) < 4.78 is 2.01. The van der Waals surface area contributed by atoms with Crippen LogP contribution in [0.2, 0.25) is 0 Å². The van der Waals surface area contributed by atoms with Crippen LogP contribution < -0.4 is 4.90 Å². The van der Waals surface area contributed by atoms with Crippen molar-refractivity contribution in [3.63, 3.8) is 0 Å². The van der Waals surface area contributed by atoms with Crippen molar-refractivity contribution in [1.82, 2.24) is 24.6 Å². The molecule has 0 saturated carbocycles. The lowest BCUT2D eigenvalue weighted by Crippen LogP contribution is -2.52. The number of likely N-dealkylation sites (tertiary alicyclic amines) is 1. The molecule has 4 heterocycles. The monoisotopic (exact) mass is 326 g/mol. The van der Waals surface area contributed by atoms with E-state index in [1.807, 2.05) is 30.2 Å². The molecule has 2 saturated heterocycles. The molecule has 0 aliphatic carbocycles. The first-order valence-corrected chi connectivity index (χ1v) is 8.93. The van der Waals surface area contributed by atoms with E-state index in [1.54, 1.807) is 0 Å². The van der Waals surface area contributed by atoms with Gasteiger partial charge in [0.05, 0.1) is 11.4 Å². The first-order valence-electron chi connectivity index (χ1n) is 8.93. The van der Waals surface area contributed by atoms with Crippen molar-refractivity contribution in [3.8, 4) is 0 Å². The average Bonchev–Trinajstić information content (AvgIpc) is 3.14. The number of aromatic nitrogens is 4. The fourth-order valence-corrected chi connectivity index (χ4v) is 4.37.